The highest BCUT2D eigenvalue weighted by molar-refractivity contribution is 5.76. The fraction of sp³-hybridized carbons (Fsp3) is 0.474. The van der Waals surface area contributed by atoms with E-state index in [1.54, 1.807) is 0 Å². The van der Waals surface area contributed by atoms with Crippen LogP contribution >= 0.6 is 0 Å². The van der Waals surface area contributed by atoms with Gasteiger partial charge in [0.1, 0.15) is 6.54 Å². The highest BCUT2D eigenvalue weighted by Crippen LogP contribution is 2.10. The molecule has 0 bridgehead atoms. The number of nitrogens with zero attached hydrogens (tertiary/aromatic N) is 5. The van der Waals surface area contributed by atoms with E-state index in [9.17, 15) is 9.59 Å². The minimum Gasteiger partial charge on any atom is -0.339 e. The third kappa shape index (κ3) is 4.16. The van der Waals surface area contributed by atoms with Crippen molar-refractivity contribution in [2.24, 2.45) is 0 Å². The largest absolute Gasteiger partial charge is 0.339 e. The van der Waals surface area contributed by atoms with Crippen molar-refractivity contribution in [1.29, 1.82) is 0 Å². The maximum absolute atomic E-state index is 12.5. The molecule has 0 unspecified atom stereocenters. The van der Waals surface area contributed by atoms with E-state index < -0.39 is 0 Å². The van der Waals surface area contributed by atoms with Crippen molar-refractivity contribution in [3.8, 4) is 0 Å². The molecule has 7 nitrogen and oxygen atoms in total. The smallest absolute Gasteiger partial charge is 0.267 e. The van der Waals surface area contributed by atoms with Gasteiger partial charge in [-0.2, -0.15) is 5.10 Å². The Morgan fingerprint density at radius 3 is 2.54 bits per heavy atom. The van der Waals surface area contributed by atoms with Crippen LogP contribution in [0, 0.1) is 20.8 Å². The molecule has 1 amide bonds. The van der Waals surface area contributed by atoms with Gasteiger partial charge in [0.05, 0.1) is 11.4 Å². The van der Waals surface area contributed by atoms with Crippen LogP contribution in [0.2, 0.25) is 0 Å². The quantitative estimate of drug-likeness (QED) is 0.815. The second-order valence-electron chi connectivity index (χ2n) is 6.83. The van der Waals surface area contributed by atoms with Crippen LogP contribution in [0.15, 0.2) is 29.2 Å². The number of carbonyl (C=O) groups excluding carboxylic acids is 1. The monoisotopic (exact) mass is 355 g/mol. The summed E-state index contributed by atoms with van der Waals surface area (Å²) in [5, 5.41) is 4.23. The van der Waals surface area contributed by atoms with Crippen LogP contribution < -0.4 is 5.56 Å². The van der Waals surface area contributed by atoms with Gasteiger partial charge >= 0.3 is 0 Å². The third-order valence-corrected chi connectivity index (χ3v) is 4.94. The minimum atomic E-state index is -0.231. The average Bonchev–Trinajstić information content (AvgIpc) is 2.62. The Hall–Kier alpha value is -2.54. The Kier molecular flexibility index (Phi) is 5.46. The molecular weight excluding hydrogens is 330 g/mol. The Labute approximate surface area is 153 Å². The fourth-order valence-electron chi connectivity index (χ4n) is 3.07. The fourth-order valence-corrected chi connectivity index (χ4v) is 3.07. The molecule has 2 aromatic heterocycles. The number of amides is 1. The summed E-state index contributed by atoms with van der Waals surface area (Å²) in [4.78, 5) is 33.1. The molecule has 1 saturated heterocycles. The third-order valence-electron chi connectivity index (χ3n) is 4.94. The van der Waals surface area contributed by atoms with Crippen LogP contribution in [0.1, 0.15) is 22.5 Å². The SMILES string of the molecule is Cc1cc(=O)n(CC(=O)N2CCN(Cc3ncccc3C)CC2)nc1C. The zero-order valence-corrected chi connectivity index (χ0v) is 15.6. The molecule has 3 rings (SSSR count). The van der Waals surface area contributed by atoms with Crippen LogP contribution in [-0.2, 0) is 17.9 Å². The molecule has 0 aromatic carbocycles. The summed E-state index contributed by atoms with van der Waals surface area (Å²) in [6.07, 6.45) is 1.82. The molecule has 0 N–H and O–H groups in total. The highest BCUT2D eigenvalue weighted by atomic mass is 16.2. The molecular formula is C19H25N5O2. The van der Waals surface area contributed by atoms with Gasteiger partial charge in [0.15, 0.2) is 0 Å². The van der Waals surface area contributed by atoms with Crippen molar-refractivity contribution in [3.05, 3.63) is 57.3 Å². The van der Waals surface area contributed by atoms with E-state index in [1.165, 1.54) is 16.3 Å². The number of hydrogen-bond acceptors (Lipinski definition) is 5. The number of hydrogen-bond donors (Lipinski definition) is 0. The maximum Gasteiger partial charge on any atom is 0.267 e. The van der Waals surface area contributed by atoms with Gasteiger partial charge in [-0.1, -0.05) is 6.07 Å². The van der Waals surface area contributed by atoms with Crippen LogP contribution in [0.5, 0.6) is 0 Å². The van der Waals surface area contributed by atoms with Gasteiger partial charge < -0.3 is 4.90 Å². The summed E-state index contributed by atoms with van der Waals surface area (Å²) in [6.45, 7) is 9.47. The summed E-state index contributed by atoms with van der Waals surface area (Å²) >= 11 is 0. The second kappa shape index (κ2) is 7.78. The Morgan fingerprint density at radius 1 is 1.12 bits per heavy atom. The molecule has 2 aromatic rings. The second-order valence-corrected chi connectivity index (χ2v) is 6.83. The lowest BCUT2D eigenvalue weighted by atomic mass is 10.2. The summed E-state index contributed by atoms with van der Waals surface area (Å²) in [5.74, 6) is -0.0588. The Morgan fingerprint density at radius 2 is 1.85 bits per heavy atom. The molecule has 3 heterocycles. The topological polar surface area (TPSA) is 71.3 Å². The van der Waals surface area contributed by atoms with Crippen LogP contribution in [-0.4, -0.2) is 56.7 Å². The standard InChI is InChI=1S/C19H25N5O2/c1-14-5-4-6-20-17(14)12-22-7-9-23(10-8-22)19(26)13-24-18(25)11-15(2)16(3)21-24/h4-6,11H,7-10,12-13H2,1-3H3. The predicted octanol–water partition coefficient (Wildman–Crippen LogP) is 0.908. The maximum atomic E-state index is 12.5. The summed E-state index contributed by atoms with van der Waals surface area (Å²) in [7, 11) is 0. The van der Waals surface area contributed by atoms with Crippen molar-refractivity contribution in [2.75, 3.05) is 26.2 Å². The van der Waals surface area contributed by atoms with E-state index in [2.05, 4.69) is 28.0 Å². The van der Waals surface area contributed by atoms with Gasteiger partial charge in [0.25, 0.3) is 5.56 Å². The first-order chi connectivity index (χ1) is 12.4. The Bertz CT molecular complexity index is 853. The first kappa shape index (κ1) is 18.3. The van der Waals surface area contributed by atoms with Gasteiger partial charge in [-0.15, -0.1) is 0 Å². The molecule has 1 aliphatic rings. The zero-order valence-electron chi connectivity index (χ0n) is 15.6. The number of piperazine rings is 1. The van der Waals surface area contributed by atoms with Crippen molar-refractivity contribution in [3.63, 3.8) is 0 Å². The van der Waals surface area contributed by atoms with E-state index >= 15 is 0 Å². The van der Waals surface area contributed by atoms with Crippen molar-refractivity contribution in [1.82, 2.24) is 24.6 Å². The molecule has 0 aliphatic carbocycles. The van der Waals surface area contributed by atoms with E-state index in [0.29, 0.717) is 13.1 Å². The van der Waals surface area contributed by atoms with Gasteiger partial charge in [-0.05, 0) is 38.0 Å². The molecule has 0 radical (unpaired) electrons. The lowest BCUT2D eigenvalue weighted by Crippen LogP contribution is -2.49. The van der Waals surface area contributed by atoms with Crippen molar-refractivity contribution in [2.45, 2.75) is 33.9 Å². The lowest BCUT2D eigenvalue weighted by Gasteiger charge is -2.34. The molecule has 7 heteroatoms. The first-order valence-electron chi connectivity index (χ1n) is 8.90. The number of carbonyl (C=O) groups is 1. The average molecular weight is 355 g/mol. The molecule has 1 fully saturated rings. The van der Waals surface area contributed by atoms with Gasteiger partial charge in [-0.25, -0.2) is 4.68 Å². The minimum absolute atomic E-state index is 0.000692. The molecule has 0 spiro atoms. The van der Waals surface area contributed by atoms with E-state index in [-0.39, 0.29) is 18.0 Å². The number of aryl methyl sites for hydroxylation is 3. The first-order valence-corrected chi connectivity index (χ1v) is 8.90. The van der Waals surface area contributed by atoms with E-state index in [4.69, 9.17) is 0 Å². The van der Waals surface area contributed by atoms with Crippen LogP contribution in [0.25, 0.3) is 0 Å². The Balaban J connectivity index is 1.56. The molecule has 138 valence electrons. The summed E-state index contributed by atoms with van der Waals surface area (Å²) in [6, 6.07) is 5.54. The van der Waals surface area contributed by atoms with Crippen LogP contribution in [0.3, 0.4) is 0 Å². The van der Waals surface area contributed by atoms with Gasteiger partial charge in [0.2, 0.25) is 5.91 Å². The lowest BCUT2D eigenvalue weighted by molar-refractivity contribution is -0.133. The molecule has 1 aliphatic heterocycles. The summed E-state index contributed by atoms with van der Waals surface area (Å²) < 4.78 is 1.26. The van der Waals surface area contributed by atoms with E-state index in [0.717, 1.165) is 36.6 Å². The number of rotatable bonds is 4. The molecule has 26 heavy (non-hydrogen) atoms. The molecule has 0 atom stereocenters. The van der Waals surface area contributed by atoms with Gasteiger partial charge in [-0.3, -0.25) is 19.5 Å². The number of aromatic nitrogens is 3. The zero-order chi connectivity index (χ0) is 18.7. The van der Waals surface area contributed by atoms with Crippen LogP contribution in [0.4, 0.5) is 0 Å². The summed E-state index contributed by atoms with van der Waals surface area (Å²) in [5.41, 5.74) is 3.65. The molecule has 0 saturated carbocycles. The number of pyridine rings is 1. The predicted molar refractivity (Wildman–Crippen MR) is 98.8 cm³/mol. The highest BCUT2D eigenvalue weighted by Gasteiger charge is 2.22. The van der Waals surface area contributed by atoms with Gasteiger partial charge in [0, 0.05) is 45.0 Å². The normalized spacial score (nSPS) is 15.3. The van der Waals surface area contributed by atoms with E-state index in [1.807, 2.05) is 31.0 Å². The van der Waals surface area contributed by atoms with Crippen molar-refractivity contribution < 1.29 is 4.79 Å². The van der Waals surface area contributed by atoms with Crippen molar-refractivity contribution >= 4 is 5.91 Å².